The summed E-state index contributed by atoms with van der Waals surface area (Å²) in [7, 11) is 0. The van der Waals surface area contributed by atoms with E-state index in [1.165, 1.54) is 38.5 Å². The van der Waals surface area contributed by atoms with Crippen LogP contribution in [0.4, 0.5) is 0 Å². The molecule has 0 aromatic carbocycles. The van der Waals surface area contributed by atoms with E-state index >= 15 is 0 Å². The molecular formula is C14H20O. The minimum atomic E-state index is 0.430. The van der Waals surface area contributed by atoms with Crippen LogP contribution in [0, 0.1) is 23.2 Å². The van der Waals surface area contributed by atoms with E-state index < -0.39 is 0 Å². The van der Waals surface area contributed by atoms with Crippen LogP contribution >= 0.6 is 0 Å². The first-order valence-corrected chi connectivity index (χ1v) is 6.34. The zero-order valence-electron chi connectivity index (χ0n) is 9.54. The molecule has 82 valence electrons. The Hall–Kier alpha value is -0.590. The van der Waals surface area contributed by atoms with Gasteiger partial charge in [-0.05, 0) is 74.2 Å². The zero-order chi connectivity index (χ0) is 10.5. The Morgan fingerprint density at radius 1 is 1.07 bits per heavy atom. The van der Waals surface area contributed by atoms with E-state index in [0.717, 1.165) is 29.6 Å². The fourth-order valence-electron chi connectivity index (χ4n) is 4.87. The minimum absolute atomic E-state index is 0.430. The quantitative estimate of drug-likeness (QED) is 0.498. The van der Waals surface area contributed by atoms with Gasteiger partial charge in [0.25, 0.3) is 0 Å². The molecule has 0 aliphatic heterocycles. The van der Waals surface area contributed by atoms with Crippen LogP contribution in [0.15, 0.2) is 11.6 Å². The lowest BCUT2D eigenvalue weighted by Gasteiger charge is -2.56. The Morgan fingerprint density at radius 2 is 1.53 bits per heavy atom. The summed E-state index contributed by atoms with van der Waals surface area (Å²) in [6, 6.07) is 0. The predicted octanol–water partition coefficient (Wildman–Crippen LogP) is 3.35. The van der Waals surface area contributed by atoms with Gasteiger partial charge >= 0.3 is 0 Å². The third-order valence-electron chi connectivity index (χ3n) is 4.81. The topological polar surface area (TPSA) is 17.1 Å². The molecule has 0 amide bonds. The molecule has 4 fully saturated rings. The van der Waals surface area contributed by atoms with Crippen LogP contribution in [0.3, 0.4) is 0 Å². The lowest BCUT2D eigenvalue weighted by molar-refractivity contribution is -0.105. The lowest BCUT2D eigenvalue weighted by atomic mass is 9.49. The number of aldehydes is 1. The molecule has 4 saturated carbocycles. The molecule has 0 aromatic heterocycles. The van der Waals surface area contributed by atoms with Crippen molar-refractivity contribution in [1.29, 1.82) is 0 Å². The van der Waals surface area contributed by atoms with Crippen LogP contribution in [0.2, 0.25) is 0 Å². The molecule has 0 unspecified atom stereocenters. The Balaban J connectivity index is 1.90. The van der Waals surface area contributed by atoms with Crippen molar-refractivity contribution in [2.75, 3.05) is 0 Å². The maximum absolute atomic E-state index is 10.8. The van der Waals surface area contributed by atoms with Gasteiger partial charge < -0.3 is 0 Å². The zero-order valence-corrected chi connectivity index (χ0v) is 9.54. The first-order valence-electron chi connectivity index (χ1n) is 6.34. The maximum Gasteiger partial charge on any atom is 0.145 e. The first-order chi connectivity index (χ1) is 7.19. The second-order valence-corrected chi connectivity index (χ2v) is 6.29. The van der Waals surface area contributed by atoms with Crippen LogP contribution in [0.1, 0.15) is 45.4 Å². The molecule has 4 bridgehead atoms. The molecule has 15 heavy (non-hydrogen) atoms. The highest BCUT2D eigenvalue weighted by molar-refractivity contribution is 5.72. The molecule has 0 saturated heterocycles. The second-order valence-electron chi connectivity index (χ2n) is 6.29. The number of carbonyl (C=O) groups is 1. The first kappa shape index (κ1) is 9.62. The van der Waals surface area contributed by atoms with E-state index in [1.807, 2.05) is 6.92 Å². The second kappa shape index (κ2) is 3.20. The number of carbonyl (C=O) groups excluding carboxylic acids is 1. The smallest absolute Gasteiger partial charge is 0.145 e. The number of rotatable bonds is 2. The van der Waals surface area contributed by atoms with Gasteiger partial charge in [-0.25, -0.2) is 0 Å². The van der Waals surface area contributed by atoms with Gasteiger partial charge in [0.1, 0.15) is 6.29 Å². The molecule has 0 atom stereocenters. The predicted molar refractivity (Wildman–Crippen MR) is 60.4 cm³/mol. The van der Waals surface area contributed by atoms with Gasteiger partial charge in [-0.15, -0.1) is 0 Å². The molecule has 4 aliphatic rings. The summed E-state index contributed by atoms with van der Waals surface area (Å²) in [5.41, 5.74) is 1.39. The average Bonchev–Trinajstić information content (AvgIpc) is 2.14. The normalized spacial score (nSPS) is 48.3. The van der Waals surface area contributed by atoms with Crippen molar-refractivity contribution in [3.05, 3.63) is 11.6 Å². The molecule has 4 rings (SSSR count). The molecule has 1 nitrogen and oxygen atoms in total. The largest absolute Gasteiger partial charge is 0.298 e. The average molecular weight is 204 g/mol. The summed E-state index contributed by atoms with van der Waals surface area (Å²) in [6.07, 6.45) is 11.9. The van der Waals surface area contributed by atoms with Crippen LogP contribution in [0.25, 0.3) is 0 Å². The SMILES string of the molecule is CC(C=O)=CC12CC3CC(CC(C3)C1)C2. The van der Waals surface area contributed by atoms with Crippen LogP contribution in [-0.4, -0.2) is 6.29 Å². The van der Waals surface area contributed by atoms with Crippen molar-refractivity contribution in [3.63, 3.8) is 0 Å². The van der Waals surface area contributed by atoms with Gasteiger partial charge in [0.2, 0.25) is 0 Å². The van der Waals surface area contributed by atoms with Crippen molar-refractivity contribution < 1.29 is 4.79 Å². The van der Waals surface area contributed by atoms with E-state index in [4.69, 9.17) is 0 Å². The van der Waals surface area contributed by atoms with Gasteiger partial charge in [-0.3, -0.25) is 4.79 Å². The van der Waals surface area contributed by atoms with Gasteiger partial charge in [0.05, 0.1) is 0 Å². The van der Waals surface area contributed by atoms with Gasteiger partial charge in [0.15, 0.2) is 0 Å². The summed E-state index contributed by atoms with van der Waals surface area (Å²) in [6.45, 7) is 1.96. The summed E-state index contributed by atoms with van der Waals surface area (Å²) in [4.78, 5) is 10.8. The fourth-order valence-corrected chi connectivity index (χ4v) is 4.87. The highest BCUT2D eigenvalue weighted by atomic mass is 16.1. The Kier molecular flexibility index (Phi) is 2.05. The number of allylic oxidation sites excluding steroid dienone is 2. The van der Waals surface area contributed by atoms with Gasteiger partial charge in [-0.1, -0.05) is 6.08 Å². The van der Waals surface area contributed by atoms with Crippen LogP contribution < -0.4 is 0 Å². The molecule has 0 heterocycles. The minimum Gasteiger partial charge on any atom is -0.298 e. The molecule has 0 spiro atoms. The fraction of sp³-hybridized carbons (Fsp3) is 0.786. The van der Waals surface area contributed by atoms with E-state index in [0.29, 0.717) is 5.41 Å². The summed E-state index contributed by atoms with van der Waals surface area (Å²) in [5.74, 6) is 2.94. The third kappa shape index (κ3) is 1.56. The Labute approximate surface area is 91.9 Å². The van der Waals surface area contributed by atoms with Crippen molar-refractivity contribution in [1.82, 2.24) is 0 Å². The highest BCUT2D eigenvalue weighted by Gasteiger charge is 2.49. The monoisotopic (exact) mass is 204 g/mol. The molecule has 4 aliphatic carbocycles. The Bertz CT molecular complexity index is 278. The number of hydrogen-bond donors (Lipinski definition) is 0. The maximum atomic E-state index is 10.8. The molecule has 0 N–H and O–H groups in total. The van der Waals surface area contributed by atoms with E-state index in [1.54, 1.807) is 0 Å². The van der Waals surface area contributed by atoms with Crippen molar-refractivity contribution in [3.8, 4) is 0 Å². The number of hydrogen-bond acceptors (Lipinski definition) is 1. The summed E-state index contributed by atoms with van der Waals surface area (Å²) < 4.78 is 0. The molecule has 0 radical (unpaired) electrons. The van der Waals surface area contributed by atoms with E-state index in [2.05, 4.69) is 6.08 Å². The van der Waals surface area contributed by atoms with Crippen LogP contribution in [-0.2, 0) is 4.79 Å². The van der Waals surface area contributed by atoms with Gasteiger partial charge in [-0.2, -0.15) is 0 Å². The lowest BCUT2D eigenvalue weighted by Crippen LogP contribution is -2.45. The third-order valence-corrected chi connectivity index (χ3v) is 4.81. The molecular weight excluding hydrogens is 184 g/mol. The van der Waals surface area contributed by atoms with Crippen LogP contribution in [0.5, 0.6) is 0 Å². The highest BCUT2D eigenvalue weighted by Crippen LogP contribution is 2.60. The molecule has 1 heteroatoms. The molecule has 0 aromatic rings. The summed E-state index contributed by atoms with van der Waals surface area (Å²) >= 11 is 0. The van der Waals surface area contributed by atoms with Crippen molar-refractivity contribution in [2.45, 2.75) is 45.4 Å². The van der Waals surface area contributed by atoms with Crippen molar-refractivity contribution in [2.24, 2.45) is 23.2 Å². The standard InChI is InChI=1S/C14H20O/c1-10(9-15)5-14-6-11-2-12(7-14)4-13(3-11)8-14/h5,9,11-13H,2-4,6-8H2,1H3. The summed E-state index contributed by atoms with van der Waals surface area (Å²) in [5, 5.41) is 0. The van der Waals surface area contributed by atoms with E-state index in [-0.39, 0.29) is 0 Å². The van der Waals surface area contributed by atoms with Crippen molar-refractivity contribution >= 4 is 6.29 Å². The Morgan fingerprint density at radius 3 is 1.93 bits per heavy atom. The van der Waals surface area contributed by atoms with E-state index in [9.17, 15) is 4.79 Å². The van der Waals surface area contributed by atoms with Gasteiger partial charge in [0, 0.05) is 0 Å².